The fraction of sp³-hybridized carbons (Fsp3) is 0.286. The molecule has 0 saturated carbocycles. The molecule has 84 valence electrons. The zero-order chi connectivity index (χ0) is 11.8. The lowest BCUT2D eigenvalue weighted by Gasteiger charge is -2.11. The summed E-state index contributed by atoms with van der Waals surface area (Å²) in [6, 6.07) is 8.44. The minimum absolute atomic E-state index is 0.488. The number of rotatable bonds is 5. The van der Waals surface area contributed by atoms with Crippen LogP contribution in [-0.4, -0.2) is 10.3 Å². The predicted molar refractivity (Wildman–Crippen MR) is 77.8 cm³/mol. The van der Waals surface area contributed by atoms with Gasteiger partial charge in [-0.3, -0.25) is 0 Å². The van der Waals surface area contributed by atoms with Crippen LogP contribution in [0.1, 0.15) is 19.4 Å². The number of allylic oxidation sites excluding steroid dienone is 1. The van der Waals surface area contributed by atoms with Crippen molar-refractivity contribution in [2.75, 3.05) is 5.75 Å². The van der Waals surface area contributed by atoms with Crippen LogP contribution >= 0.6 is 23.5 Å². The Morgan fingerprint density at radius 2 is 2.19 bits per heavy atom. The quantitative estimate of drug-likeness (QED) is 0.427. The molecule has 1 unspecified atom stereocenters. The van der Waals surface area contributed by atoms with E-state index in [1.807, 2.05) is 18.7 Å². The lowest BCUT2D eigenvalue weighted by molar-refractivity contribution is 1.36. The molecule has 0 bridgehead atoms. The first-order chi connectivity index (χ1) is 7.77. The molecular weight excluding hydrogens is 232 g/mol. The molecule has 0 spiro atoms. The second-order valence-electron chi connectivity index (χ2n) is 3.24. The molecule has 0 aliphatic heterocycles. The average Bonchev–Trinajstić information content (AvgIpc) is 2.29. The second-order valence-corrected chi connectivity index (χ2v) is 6.25. The van der Waals surface area contributed by atoms with E-state index in [-0.39, 0.29) is 0 Å². The summed E-state index contributed by atoms with van der Waals surface area (Å²) in [7, 11) is 0. The average molecular weight is 248 g/mol. The van der Waals surface area contributed by atoms with Crippen molar-refractivity contribution in [1.82, 2.24) is 0 Å². The Labute approximate surface area is 107 Å². The van der Waals surface area contributed by atoms with Crippen molar-refractivity contribution in [2.24, 2.45) is 0 Å². The Hall–Kier alpha value is -0.780. The first-order valence-electron chi connectivity index (χ1n) is 5.21. The van der Waals surface area contributed by atoms with Crippen LogP contribution in [0.4, 0.5) is 0 Å². The highest BCUT2D eigenvalue weighted by Crippen LogP contribution is 2.32. The predicted octanol–water partition coefficient (Wildman–Crippen LogP) is 4.52. The van der Waals surface area contributed by atoms with Crippen LogP contribution in [0.5, 0.6) is 0 Å². The van der Waals surface area contributed by atoms with Gasteiger partial charge in [0.15, 0.2) is 0 Å². The molecule has 1 aromatic rings. The summed E-state index contributed by atoms with van der Waals surface area (Å²) >= 11 is 3.67. The molecule has 2 heteroatoms. The summed E-state index contributed by atoms with van der Waals surface area (Å²) in [5.74, 6) is 3.44. The largest absolute Gasteiger partial charge is 0.134 e. The van der Waals surface area contributed by atoms with Crippen molar-refractivity contribution in [2.45, 2.75) is 23.3 Å². The van der Waals surface area contributed by atoms with Crippen LogP contribution in [0.3, 0.4) is 0 Å². The molecule has 0 fully saturated rings. The van der Waals surface area contributed by atoms with Crippen LogP contribution in [0.15, 0.2) is 35.2 Å². The SMILES string of the molecule is C#CCSC(C)Sc1ccccc1/C=C\C. The molecular formula is C14H16S2. The minimum Gasteiger partial charge on any atom is -0.134 e. The summed E-state index contributed by atoms with van der Waals surface area (Å²) in [5, 5.41) is 0. The molecule has 16 heavy (non-hydrogen) atoms. The summed E-state index contributed by atoms with van der Waals surface area (Å²) in [6.07, 6.45) is 9.46. The Kier molecular flexibility index (Phi) is 6.22. The van der Waals surface area contributed by atoms with E-state index in [1.54, 1.807) is 11.8 Å². The summed E-state index contributed by atoms with van der Waals surface area (Å²) in [4.78, 5) is 1.32. The van der Waals surface area contributed by atoms with E-state index in [1.165, 1.54) is 10.5 Å². The van der Waals surface area contributed by atoms with Gasteiger partial charge in [-0.2, -0.15) is 0 Å². The maximum absolute atomic E-state index is 5.26. The monoisotopic (exact) mass is 248 g/mol. The lowest BCUT2D eigenvalue weighted by Crippen LogP contribution is -1.91. The molecule has 1 aromatic carbocycles. The maximum Gasteiger partial charge on any atom is 0.0555 e. The van der Waals surface area contributed by atoms with Gasteiger partial charge in [0.25, 0.3) is 0 Å². The molecule has 0 heterocycles. The van der Waals surface area contributed by atoms with Crippen molar-refractivity contribution in [1.29, 1.82) is 0 Å². The molecule has 1 atom stereocenters. The van der Waals surface area contributed by atoms with Crippen molar-refractivity contribution in [3.8, 4) is 12.3 Å². The summed E-state index contributed by atoms with van der Waals surface area (Å²) < 4.78 is 0.488. The van der Waals surface area contributed by atoms with Gasteiger partial charge in [-0.25, -0.2) is 0 Å². The third-order valence-corrected chi connectivity index (χ3v) is 4.42. The van der Waals surface area contributed by atoms with Crippen LogP contribution < -0.4 is 0 Å². The number of hydrogen-bond acceptors (Lipinski definition) is 2. The van der Waals surface area contributed by atoms with Crippen LogP contribution in [-0.2, 0) is 0 Å². The molecule has 0 aromatic heterocycles. The highest BCUT2D eigenvalue weighted by Gasteiger charge is 2.06. The fourth-order valence-corrected chi connectivity index (χ4v) is 3.19. The third kappa shape index (κ3) is 4.38. The Bertz CT molecular complexity index is 388. The zero-order valence-electron chi connectivity index (χ0n) is 9.64. The van der Waals surface area contributed by atoms with Gasteiger partial charge in [0, 0.05) is 4.90 Å². The van der Waals surface area contributed by atoms with Gasteiger partial charge in [0.2, 0.25) is 0 Å². The highest BCUT2D eigenvalue weighted by atomic mass is 32.2. The Morgan fingerprint density at radius 1 is 1.44 bits per heavy atom. The second kappa shape index (κ2) is 7.49. The normalized spacial score (nSPS) is 12.6. The molecule has 0 aliphatic rings. The maximum atomic E-state index is 5.26. The molecule has 0 amide bonds. The Morgan fingerprint density at radius 3 is 2.88 bits per heavy atom. The van der Waals surface area contributed by atoms with E-state index in [9.17, 15) is 0 Å². The highest BCUT2D eigenvalue weighted by molar-refractivity contribution is 8.17. The van der Waals surface area contributed by atoms with E-state index in [0.717, 1.165) is 5.75 Å². The minimum atomic E-state index is 0.488. The summed E-state index contributed by atoms with van der Waals surface area (Å²) in [5.41, 5.74) is 1.28. The van der Waals surface area contributed by atoms with E-state index >= 15 is 0 Å². The summed E-state index contributed by atoms with van der Waals surface area (Å²) in [6.45, 7) is 4.23. The van der Waals surface area contributed by atoms with E-state index in [4.69, 9.17) is 6.42 Å². The topological polar surface area (TPSA) is 0 Å². The standard InChI is InChI=1S/C14H16S2/c1-4-8-13-9-6-7-10-14(13)16-12(3)15-11-5-2/h2,4,6-10,12H,11H2,1,3H3/b8-4-. The Balaban J connectivity index is 2.69. The molecule has 0 nitrogen and oxygen atoms in total. The number of benzene rings is 1. The van der Waals surface area contributed by atoms with Crippen molar-refractivity contribution < 1.29 is 0 Å². The molecule has 0 aliphatic carbocycles. The van der Waals surface area contributed by atoms with Crippen molar-refractivity contribution in [3.63, 3.8) is 0 Å². The first kappa shape index (κ1) is 13.3. The van der Waals surface area contributed by atoms with Crippen molar-refractivity contribution in [3.05, 3.63) is 35.9 Å². The smallest absolute Gasteiger partial charge is 0.0555 e. The fourth-order valence-electron chi connectivity index (χ4n) is 1.28. The zero-order valence-corrected chi connectivity index (χ0v) is 11.3. The molecule has 0 saturated heterocycles. The number of hydrogen-bond donors (Lipinski definition) is 0. The van der Waals surface area contributed by atoms with Gasteiger partial charge in [-0.1, -0.05) is 36.3 Å². The van der Waals surface area contributed by atoms with Gasteiger partial charge in [-0.15, -0.1) is 29.9 Å². The lowest BCUT2D eigenvalue weighted by atomic mass is 10.2. The van der Waals surface area contributed by atoms with Gasteiger partial charge < -0.3 is 0 Å². The van der Waals surface area contributed by atoms with Crippen molar-refractivity contribution >= 4 is 29.6 Å². The van der Waals surface area contributed by atoms with E-state index in [0.29, 0.717) is 4.58 Å². The first-order valence-corrected chi connectivity index (χ1v) is 7.14. The number of thioether (sulfide) groups is 2. The van der Waals surface area contributed by atoms with E-state index < -0.39 is 0 Å². The van der Waals surface area contributed by atoms with Crippen LogP contribution in [0, 0.1) is 12.3 Å². The van der Waals surface area contributed by atoms with Crippen LogP contribution in [0.25, 0.3) is 6.08 Å². The molecule has 1 rings (SSSR count). The van der Waals surface area contributed by atoms with E-state index in [2.05, 4.69) is 49.3 Å². The van der Waals surface area contributed by atoms with Gasteiger partial charge >= 0.3 is 0 Å². The van der Waals surface area contributed by atoms with Gasteiger partial charge in [-0.05, 0) is 25.5 Å². The van der Waals surface area contributed by atoms with Crippen LogP contribution in [0.2, 0.25) is 0 Å². The van der Waals surface area contributed by atoms with Gasteiger partial charge in [0.1, 0.15) is 0 Å². The number of terminal acetylenes is 1. The molecule has 0 radical (unpaired) electrons. The van der Waals surface area contributed by atoms with Gasteiger partial charge in [0.05, 0.1) is 10.3 Å². The third-order valence-electron chi connectivity index (χ3n) is 1.96. The molecule has 0 N–H and O–H groups in total.